The largest absolute Gasteiger partial charge is 0.330 e. The van der Waals surface area contributed by atoms with E-state index in [4.69, 9.17) is 5.73 Å². The lowest BCUT2D eigenvalue weighted by atomic mass is 10.0. The van der Waals surface area contributed by atoms with Gasteiger partial charge in [-0.2, -0.15) is 11.8 Å². The predicted octanol–water partition coefficient (Wildman–Crippen LogP) is 1.48. The Morgan fingerprint density at radius 3 is 3.00 bits per heavy atom. The first-order valence-electron chi connectivity index (χ1n) is 3.71. The number of hydrogen-bond donors (Lipinski definition) is 1. The summed E-state index contributed by atoms with van der Waals surface area (Å²) in [6, 6.07) is 0. The Morgan fingerprint density at radius 2 is 2.44 bits per heavy atom. The van der Waals surface area contributed by atoms with Gasteiger partial charge in [0, 0.05) is 0 Å². The molecule has 54 valence electrons. The first kappa shape index (κ1) is 7.42. The second-order valence-electron chi connectivity index (χ2n) is 2.66. The molecule has 2 N–H and O–H groups in total. The lowest BCUT2D eigenvalue weighted by Gasteiger charge is -2.04. The van der Waals surface area contributed by atoms with Gasteiger partial charge in [0.05, 0.1) is 0 Å². The molecule has 0 bridgehead atoms. The molecule has 1 aliphatic rings. The molecule has 1 heterocycles. The Labute approximate surface area is 61.4 Å². The van der Waals surface area contributed by atoms with Gasteiger partial charge in [0.2, 0.25) is 0 Å². The molecule has 1 atom stereocenters. The van der Waals surface area contributed by atoms with Crippen LogP contribution in [-0.4, -0.2) is 18.1 Å². The highest BCUT2D eigenvalue weighted by Gasteiger charge is 2.13. The van der Waals surface area contributed by atoms with Crippen molar-refractivity contribution >= 4 is 11.8 Å². The highest BCUT2D eigenvalue weighted by atomic mass is 32.2. The van der Waals surface area contributed by atoms with Crippen LogP contribution in [0.1, 0.15) is 19.3 Å². The van der Waals surface area contributed by atoms with Gasteiger partial charge in [-0.3, -0.25) is 0 Å². The van der Waals surface area contributed by atoms with Gasteiger partial charge in [-0.1, -0.05) is 0 Å². The van der Waals surface area contributed by atoms with Crippen molar-refractivity contribution < 1.29 is 0 Å². The summed E-state index contributed by atoms with van der Waals surface area (Å²) in [6.45, 7) is 0.876. The third kappa shape index (κ3) is 2.59. The lowest BCUT2D eigenvalue weighted by Crippen LogP contribution is -2.03. The van der Waals surface area contributed by atoms with Crippen LogP contribution in [0.4, 0.5) is 0 Å². The smallest absolute Gasteiger partial charge is 0.00388 e. The van der Waals surface area contributed by atoms with Crippen molar-refractivity contribution in [1.82, 2.24) is 0 Å². The predicted molar refractivity (Wildman–Crippen MR) is 43.7 cm³/mol. The third-order valence-corrected chi connectivity index (χ3v) is 3.07. The molecule has 0 radical (unpaired) electrons. The summed E-state index contributed by atoms with van der Waals surface area (Å²) in [6.07, 6.45) is 4.03. The quantitative estimate of drug-likeness (QED) is 0.651. The van der Waals surface area contributed by atoms with Crippen molar-refractivity contribution in [2.45, 2.75) is 19.3 Å². The number of thioether (sulfide) groups is 1. The van der Waals surface area contributed by atoms with Crippen LogP contribution in [-0.2, 0) is 0 Å². The molecular formula is C7H15NS. The van der Waals surface area contributed by atoms with E-state index in [-0.39, 0.29) is 0 Å². The summed E-state index contributed by atoms with van der Waals surface area (Å²) >= 11 is 2.09. The SMILES string of the molecule is NCCCC1CCSC1. The maximum atomic E-state index is 5.40. The average Bonchev–Trinajstić information content (AvgIpc) is 2.34. The Balaban J connectivity index is 1.98. The molecule has 0 spiro atoms. The topological polar surface area (TPSA) is 26.0 Å². The summed E-state index contributed by atoms with van der Waals surface area (Å²) in [5.74, 6) is 3.77. The van der Waals surface area contributed by atoms with Gasteiger partial charge in [-0.15, -0.1) is 0 Å². The van der Waals surface area contributed by atoms with E-state index in [2.05, 4.69) is 11.8 Å². The first-order chi connectivity index (χ1) is 4.43. The summed E-state index contributed by atoms with van der Waals surface area (Å²) in [4.78, 5) is 0. The van der Waals surface area contributed by atoms with Gasteiger partial charge < -0.3 is 5.73 Å². The molecule has 0 aromatic heterocycles. The van der Waals surface area contributed by atoms with E-state index < -0.39 is 0 Å². The number of rotatable bonds is 3. The van der Waals surface area contributed by atoms with Crippen LogP contribution >= 0.6 is 11.8 Å². The molecule has 1 rings (SSSR count). The first-order valence-corrected chi connectivity index (χ1v) is 4.87. The molecule has 1 fully saturated rings. The van der Waals surface area contributed by atoms with Crippen LogP contribution in [0, 0.1) is 5.92 Å². The van der Waals surface area contributed by atoms with Crippen molar-refractivity contribution in [3.05, 3.63) is 0 Å². The molecule has 0 amide bonds. The molecule has 1 aliphatic heterocycles. The zero-order chi connectivity index (χ0) is 6.53. The van der Waals surface area contributed by atoms with Crippen LogP contribution in [0.25, 0.3) is 0 Å². The fourth-order valence-electron chi connectivity index (χ4n) is 1.22. The van der Waals surface area contributed by atoms with Crippen molar-refractivity contribution in [3.63, 3.8) is 0 Å². The molecule has 0 aliphatic carbocycles. The van der Waals surface area contributed by atoms with Crippen molar-refractivity contribution in [1.29, 1.82) is 0 Å². The monoisotopic (exact) mass is 145 g/mol. The second kappa shape index (κ2) is 4.18. The molecule has 0 aromatic rings. The van der Waals surface area contributed by atoms with Gasteiger partial charge in [0.25, 0.3) is 0 Å². The van der Waals surface area contributed by atoms with Crippen LogP contribution in [0.15, 0.2) is 0 Å². The molecule has 9 heavy (non-hydrogen) atoms. The zero-order valence-electron chi connectivity index (χ0n) is 5.81. The van der Waals surface area contributed by atoms with Gasteiger partial charge in [-0.05, 0) is 43.2 Å². The second-order valence-corrected chi connectivity index (χ2v) is 3.81. The van der Waals surface area contributed by atoms with Crippen LogP contribution in [0.3, 0.4) is 0 Å². The summed E-state index contributed by atoms with van der Waals surface area (Å²) in [5, 5.41) is 0. The molecule has 1 unspecified atom stereocenters. The van der Waals surface area contributed by atoms with Gasteiger partial charge >= 0.3 is 0 Å². The van der Waals surface area contributed by atoms with E-state index in [9.17, 15) is 0 Å². The molecule has 0 saturated carbocycles. The maximum Gasteiger partial charge on any atom is -0.00388 e. The van der Waals surface area contributed by atoms with Crippen LogP contribution < -0.4 is 5.73 Å². The minimum atomic E-state index is 0.876. The molecule has 1 nitrogen and oxygen atoms in total. The lowest BCUT2D eigenvalue weighted by molar-refractivity contribution is 0.526. The summed E-state index contributed by atoms with van der Waals surface area (Å²) in [5.41, 5.74) is 5.40. The molecule has 2 heteroatoms. The summed E-state index contributed by atoms with van der Waals surface area (Å²) in [7, 11) is 0. The Kier molecular flexibility index (Phi) is 3.44. The molecule has 1 saturated heterocycles. The van der Waals surface area contributed by atoms with Gasteiger partial charge in [0.15, 0.2) is 0 Å². The van der Waals surface area contributed by atoms with Crippen LogP contribution in [0.2, 0.25) is 0 Å². The van der Waals surface area contributed by atoms with E-state index in [1.165, 1.54) is 30.8 Å². The fourth-order valence-corrected chi connectivity index (χ4v) is 2.55. The Hall–Kier alpha value is 0.310. The van der Waals surface area contributed by atoms with E-state index >= 15 is 0 Å². The maximum absolute atomic E-state index is 5.40. The van der Waals surface area contributed by atoms with E-state index in [1.807, 2.05) is 0 Å². The highest BCUT2D eigenvalue weighted by Crippen LogP contribution is 2.26. The minimum Gasteiger partial charge on any atom is -0.330 e. The van der Waals surface area contributed by atoms with Crippen molar-refractivity contribution in [2.24, 2.45) is 11.7 Å². The summed E-state index contributed by atoms with van der Waals surface area (Å²) < 4.78 is 0. The molecule has 0 aromatic carbocycles. The van der Waals surface area contributed by atoms with Gasteiger partial charge in [0.1, 0.15) is 0 Å². The minimum absolute atomic E-state index is 0.876. The number of hydrogen-bond acceptors (Lipinski definition) is 2. The van der Waals surface area contributed by atoms with E-state index in [0.29, 0.717) is 0 Å². The highest BCUT2D eigenvalue weighted by molar-refractivity contribution is 7.99. The van der Waals surface area contributed by atoms with E-state index in [1.54, 1.807) is 0 Å². The average molecular weight is 145 g/mol. The Bertz CT molecular complexity index is 69.3. The number of nitrogens with two attached hydrogens (primary N) is 1. The van der Waals surface area contributed by atoms with E-state index in [0.717, 1.165) is 12.5 Å². The Morgan fingerprint density at radius 1 is 1.56 bits per heavy atom. The van der Waals surface area contributed by atoms with Gasteiger partial charge in [-0.25, -0.2) is 0 Å². The zero-order valence-corrected chi connectivity index (χ0v) is 6.62. The van der Waals surface area contributed by atoms with Crippen molar-refractivity contribution in [3.8, 4) is 0 Å². The standard InChI is InChI=1S/C7H15NS/c8-4-1-2-7-3-5-9-6-7/h7H,1-6,8H2. The normalized spacial score (nSPS) is 27.0. The fraction of sp³-hybridized carbons (Fsp3) is 1.00. The van der Waals surface area contributed by atoms with Crippen molar-refractivity contribution in [2.75, 3.05) is 18.1 Å². The van der Waals surface area contributed by atoms with Crippen LogP contribution in [0.5, 0.6) is 0 Å². The third-order valence-electron chi connectivity index (χ3n) is 1.84. The molecular weight excluding hydrogens is 130 g/mol.